The third-order valence-electron chi connectivity index (χ3n) is 4.97. The molecule has 0 aromatic heterocycles. The van der Waals surface area contributed by atoms with Gasteiger partial charge in [-0.25, -0.2) is 0 Å². The Morgan fingerprint density at radius 1 is 0.737 bits per heavy atom. The van der Waals surface area contributed by atoms with Gasteiger partial charge in [0.1, 0.15) is 0 Å². The highest BCUT2D eigenvalue weighted by atomic mass is 14.5. The van der Waals surface area contributed by atoms with E-state index in [-0.39, 0.29) is 5.41 Å². The van der Waals surface area contributed by atoms with E-state index >= 15 is 0 Å². The van der Waals surface area contributed by atoms with Gasteiger partial charge >= 0.3 is 0 Å². The first-order chi connectivity index (χ1) is 9.39. The van der Waals surface area contributed by atoms with Crippen LogP contribution in [-0.2, 0) is 5.41 Å². The van der Waals surface area contributed by atoms with E-state index in [0.717, 1.165) is 5.92 Å². The van der Waals surface area contributed by atoms with Crippen molar-refractivity contribution in [3.8, 4) is 0 Å². The summed E-state index contributed by atoms with van der Waals surface area (Å²) in [6.07, 6.45) is 7.47. The molecule has 0 heteroatoms. The first kappa shape index (κ1) is 11.0. The van der Waals surface area contributed by atoms with Crippen molar-refractivity contribution in [1.82, 2.24) is 0 Å². The smallest absolute Gasteiger partial charge is 0.0271 e. The molecule has 2 aliphatic rings. The van der Waals surface area contributed by atoms with Crippen LogP contribution in [-0.4, -0.2) is 0 Å². The molecule has 0 aliphatic heterocycles. The normalized spacial score (nSPS) is 26.7. The Labute approximate surface area is 114 Å². The lowest BCUT2D eigenvalue weighted by molar-refractivity contribution is 0.433. The summed E-state index contributed by atoms with van der Waals surface area (Å²) < 4.78 is 0. The van der Waals surface area contributed by atoms with Crippen LogP contribution in [0.15, 0.2) is 72.8 Å². The van der Waals surface area contributed by atoms with Crippen LogP contribution in [0.2, 0.25) is 0 Å². The highest BCUT2D eigenvalue weighted by Gasteiger charge is 2.50. The lowest BCUT2D eigenvalue weighted by Crippen LogP contribution is -2.32. The second kappa shape index (κ2) is 4.09. The molecule has 0 radical (unpaired) electrons. The lowest BCUT2D eigenvalue weighted by atomic mass is 9.66. The number of fused-ring (bicyclic) bond motifs is 2. The van der Waals surface area contributed by atoms with E-state index in [0.29, 0.717) is 5.92 Å². The Balaban J connectivity index is 1.93. The molecule has 2 bridgehead atoms. The minimum Gasteiger partial charge on any atom is -0.0850 e. The average Bonchev–Trinajstić information content (AvgIpc) is 3.10. The fraction of sp³-hybridized carbons (Fsp3) is 0.263. The fourth-order valence-corrected chi connectivity index (χ4v) is 4.16. The fourth-order valence-electron chi connectivity index (χ4n) is 4.16. The first-order valence-corrected chi connectivity index (χ1v) is 7.19. The van der Waals surface area contributed by atoms with E-state index < -0.39 is 0 Å². The molecule has 2 aromatic carbocycles. The van der Waals surface area contributed by atoms with Crippen LogP contribution in [0.1, 0.15) is 24.0 Å². The van der Waals surface area contributed by atoms with Crippen LogP contribution < -0.4 is 0 Å². The molecular weight excluding hydrogens is 228 g/mol. The topological polar surface area (TPSA) is 0 Å². The quantitative estimate of drug-likeness (QED) is 0.681. The first-order valence-electron chi connectivity index (χ1n) is 7.19. The van der Waals surface area contributed by atoms with Gasteiger partial charge in [0, 0.05) is 5.41 Å². The summed E-state index contributed by atoms with van der Waals surface area (Å²) in [5.41, 5.74) is 3.18. The van der Waals surface area contributed by atoms with E-state index in [2.05, 4.69) is 72.8 Å². The van der Waals surface area contributed by atoms with Crippen LogP contribution in [0.4, 0.5) is 0 Å². The summed E-state index contributed by atoms with van der Waals surface area (Å²) in [4.78, 5) is 0. The molecule has 0 nitrogen and oxygen atoms in total. The molecule has 2 unspecified atom stereocenters. The summed E-state index contributed by atoms with van der Waals surface area (Å²) >= 11 is 0. The molecule has 0 amide bonds. The molecule has 2 aliphatic carbocycles. The average molecular weight is 246 g/mol. The van der Waals surface area contributed by atoms with Gasteiger partial charge < -0.3 is 0 Å². The predicted octanol–water partition coefficient (Wildman–Crippen LogP) is 4.57. The van der Waals surface area contributed by atoms with E-state index in [1.807, 2.05) is 0 Å². The zero-order valence-corrected chi connectivity index (χ0v) is 11.0. The van der Waals surface area contributed by atoms with Gasteiger partial charge in [-0.1, -0.05) is 72.8 Å². The highest BCUT2D eigenvalue weighted by molar-refractivity contribution is 5.45. The summed E-state index contributed by atoms with van der Waals surface area (Å²) in [5.74, 6) is 1.44. The molecule has 0 saturated heterocycles. The SMILES string of the molecule is C1=CC2CC1CC2(c1ccccc1)c1ccccc1. The number of hydrogen-bond acceptors (Lipinski definition) is 0. The second-order valence-electron chi connectivity index (χ2n) is 5.89. The number of allylic oxidation sites excluding steroid dienone is 2. The van der Waals surface area contributed by atoms with Crippen molar-refractivity contribution < 1.29 is 0 Å². The van der Waals surface area contributed by atoms with Gasteiger partial charge in [0.05, 0.1) is 0 Å². The van der Waals surface area contributed by atoms with Gasteiger partial charge in [0.25, 0.3) is 0 Å². The van der Waals surface area contributed by atoms with Gasteiger partial charge in [-0.2, -0.15) is 0 Å². The molecule has 4 rings (SSSR count). The molecule has 0 N–H and O–H groups in total. The van der Waals surface area contributed by atoms with E-state index in [4.69, 9.17) is 0 Å². The van der Waals surface area contributed by atoms with Crippen molar-refractivity contribution in [1.29, 1.82) is 0 Å². The Morgan fingerprint density at radius 2 is 1.32 bits per heavy atom. The van der Waals surface area contributed by atoms with E-state index in [1.165, 1.54) is 24.0 Å². The Bertz CT molecular complexity index is 555. The van der Waals surface area contributed by atoms with Crippen LogP contribution in [0.5, 0.6) is 0 Å². The summed E-state index contributed by atoms with van der Waals surface area (Å²) in [6, 6.07) is 22.2. The van der Waals surface area contributed by atoms with Crippen molar-refractivity contribution in [3.63, 3.8) is 0 Å². The highest BCUT2D eigenvalue weighted by Crippen LogP contribution is 2.56. The monoisotopic (exact) mass is 246 g/mol. The van der Waals surface area contributed by atoms with Crippen molar-refractivity contribution in [2.75, 3.05) is 0 Å². The van der Waals surface area contributed by atoms with Crippen LogP contribution in [0.25, 0.3) is 0 Å². The summed E-state index contributed by atoms with van der Waals surface area (Å²) in [5, 5.41) is 0. The van der Waals surface area contributed by atoms with Crippen molar-refractivity contribution >= 4 is 0 Å². The molecule has 0 heterocycles. The van der Waals surface area contributed by atoms with Gasteiger partial charge in [-0.15, -0.1) is 0 Å². The second-order valence-corrected chi connectivity index (χ2v) is 5.89. The minimum absolute atomic E-state index is 0.210. The molecule has 1 fully saturated rings. The molecule has 2 atom stereocenters. The van der Waals surface area contributed by atoms with Crippen molar-refractivity contribution in [2.45, 2.75) is 18.3 Å². The number of benzene rings is 2. The van der Waals surface area contributed by atoms with E-state index in [1.54, 1.807) is 0 Å². The summed E-state index contributed by atoms with van der Waals surface area (Å²) in [7, 11) is 0. The van der Waals surface area contributed by atoms with Crippen molar-refractivity contribution in [3.05, 3.63) is 83.9 Å². The molecule has 1 saturated carbocycles. The zero-order valence-electron chi connectivity index (χ0n) is 11.0. The Hall–Kier alpha value is -1.82. The number of hydrogen-bond donors (Lipinski definition) is 0. The predicted molar refractivity (Wildman–Crippen MR) is 79.0 cm³/mol. The van der Waals surface area contributed by atoms with Crippen LogP contribution in [0, 0.1) is 11.8 Å². The molecule has 94 valence electrons. The Morgan fingerprint density at radius 3 is 1.74 bits per heavy atom. The van der Waals surface area contributed by atoms with Gasteiger partial charge in [0.15, 0.2) is 0 Å². The summed E-state index contributed by atoms with van der Waals surface area (Å²) in [6.45, 7) is 0. The maximum Gasteiger partial charge on any atom is 0.0271 e. The van der Waals surface area contributed by atoms with Gasteiger partial charge in [-0.3, -0.25) is 0 Å². The lowest BCUT2D eigenvalue weighted by Gasteiger charge is -2.37. The third kappa shape index (κ3) is 1.53. The van der Waals surface area contributed by atoms with E-state index in [9.17, 15) is 0 Å². The van der Waals surface area contributed by atoms with Gasteiger partial charge in [0.2, 0.25) is 0 Å². The minimum atomic E-state index is 0.210. The van der Waals surface area contributed by atoms with Crippen LogP contribution in [0.3, 0.4) is 0 Å². The Kier molecular flexibility index (Phi) is 2.38. The maximum absolute atomic E-state index is 2.45. The largest absolute Gasteiger partial charge is 0.0850 e. The molecule has 0 spiro atoms. The van der Waals surface area contributed by atoms with Gasteiger partial charge in [-0.05, 0) is 35.8 Å². The number of rotatable bonds is 2. The maximum atomic E-state index is 2.45. The zero-order chi connectivity index (χ0) is 12.7. The molecule has 2 aromatic rings. The molecule has 19 heavy (non-hydrogen) atoms. The van der Waals surface area contributed by atoms with Crippen molar-refractivity contribution in [2.24, 2.45) is 11.8 Å². The van der Waals surface area contributed by atoms with Crippen LogP contribution >= 0.6 is 0 Å². The molecular formula is C19H18. The third-order valence-corrected chi connectivity index (χ3v) is 4.97. The standard InChI is InChI=1S/C19H18/c1-3-7-16(8-4-1)19(17-9-5-2-6-10-17)14-15-11-12-18(19)13-15/h1-12,15,18H,13-14H2.